The van der Waals surface area contributed by atoms with E-state index in [0.717, 1.165) is 32.3 Å². The lowest BCUT2D eigenvalue weighted by Gasteiger charge is -2.36. The van der Waals surface area contributed by atoms with Crippen LogP contribution in [0.4, 0.5) is 0 Å². The lowest BCUT2D eigenvalue weighted by Crippen LogP contribution is -2.44. The Balaban J connectivity index is 2.50. The summed E-state index contributed by atoms with van der Waals surface area (Å²) >= 11 is 0. The minimum absolute atomic E-state index is 0.316. The Bertz CT molecular complexity index is 180. The molecule has 0 aromatic carbocycles. The van der Waals surface area contributed by atoms with Crippen LogP contribution in [0.15, 0.2) is 0 Å². The molecule has 0 atom stereocenters. The summed E-state index contributed by atoms with van der Waals surface area (Å²) in [6, 6.07) is 0.805. The number of methoxy groups -OCH3 is 1. The van der Waals surface area contributed by atoms with Gasteiger partial charge in [-0.25, -0.2) is 0 Å². The quantitative estimate of drug-likeness (QED) is 0.654. The highest BCUT2D eigenvalue weighted by Gasteiger charge is 2.34. The molecule has 1 fully saturated rings. The van der Waals surface area contributed by atoms with Crippen molar-refractivity contribution in [2.75, 3.05) is 33.4 Å². The smallest absolute Gasteiger partial charge is 0.0589 e. The Labute approximate surface area is 100 Å². The van der Waals surface area contributed by atoms with Crippen molar-refractivity contribution in [1.29, 1.82) is 0 Å². The number of rotatable bonds is 9. The van der Waals surface area contributed by atoms with Gasteiger partial charge in [0.1, 0.15) is 0 Å². The fraction of sp³-hybridized carbons (Fsp3) is 1.00. The zero-order valence-electron chi connectivity index (χ0n) is 11.2. The van der Waals surface area contributed by atoms with E-state index in [2.05, 4.69) is 18.7 Å². The first-order chi connectivity index (χ1) is 7.71. The molecular weight excluding hydrogens is 200 g/mol. The molecule has 3 nitrogen and oxygen atoms in total. The number of hydrogen-bond acceptors (Lipinski definition) is 3. The predicted molar refractivity (Wildman–Crippen MR) is 68.5 cm³/mol. The van der Waals surface area contributed by atoms with Gasteiger partial charge in [0.05, 0.1) is 6.61 Å². The van der Waals surface area contributed by atoms with Crippen LogP contribution in [-0.2, 0) is 4.74 Å². The molecule has 1 rings (SSSR count). The summed E-state index contributed by atoms with van der Waals surface area (Å²) in [5.41, 5.74) is 6.28. The van der Waals surface area contributed by atoms with E-state index >= 15 is 0 Å². The summed E-state index contributed by atoms with van der Waals surface area (Å²) in [6.07, 6.45) is 5.07. The van der Waals surface area contributed by atoms with Crippen LogP contribution in [0.1, 0.15) is 39.5 Å². The Morgan fingerprint density at radius 1 is 1.31 bits per heavy atom. The highest BCUT2D eigenvalue weighted by atomic mass is 16.5. The third kappa shape index (κ3) is 3.72. The van der Waals surface area contributed by atoms with Crippen molar-refractivity contribution in [1.82, 2.24) is 4.90 Å². The maximum atomic E-state index is 5.97. The van der Waals surface area contributed by atoms with Crippen molar-refractivity contribution in [3.8, 4) is 0 Å². The van der Waals surface area contributed by atoms with E-state index in [0.29, 0.717) is 5.41 Å². The van der Waals surface area contributed by atoms with Gasteiger partial charge in [0.25, 0.3) is 0 Å². The van der Waals surface area contributed by atoms with E-state index in [1.165, 1.54) is 25.7 Å². The minimum atomic E-state index is 0.316. The highest BCUT2D eigenvalue weighted by molar-refractivity contribution is 4.90. The second-order valence-corrected chi connectivity index (χ2v) is 5.11. The maximum absolute atomic E-state index is 5.97. The molecule has 1 saturated carbocycles. The number of hydrogen-bond donors (Lipinski definition) is 1. The van der Waals surface area contributed by atoms with E-state index in [4.69, 9.17) is 10.5 Å². The van der Waals surface area contributed by atoms with Crippen LogP contribution >= 0.6 is 0 Å². The van der Waals surface area contributed by atoms with Crippen LogP contribution < -0.4 is 5.73 Å². The standard InChI is InChI=1S/C13H28N2O/c1-4-13(5-2,10-14)11-15(8-9-16-3)12-6-7-12/h12H,4-11,14H2,1-3H3. The largest absolute Gasteiger partial charge is 0.383 e. The molecule has 16 heavy (non-hydrogen) atoms. The molecule has 0 saturated heterocycles. The molecular formula is C13H28N2O. The molecule has 0 bridgehead atoms. The topological polar surface area (TPSA) is 38.5 Å². The van der Waals surface area contributed by atoms with Crippen LogP contribution in [0.5, 0.6) is 0 Å². The first-order valence-electron chi connectivity index (χ1n) is 6.64. The van der Waals surface area contributed by atoms with Crippen molar-refractivity contribution >= 4 is 0 Å². The fourth-order valence-corrected chi connectivity index (χ4v) is 2.30. The summed E-state index contributed by atoms with van der Waals surface area (Å²) in [6.45, 7) is 8.36. The van der Waals surface area contributed by atoms with Crippen LogP contribution in [0.3, 0.4) is 0 Å². The van der Waals surface area contributed by atoms with Crippen molar-refractivity contribution in [2.45, 2.75) is 45.6 Å². The van der Waals surface area contributed by atoms with Gasteiger partial charge in [0.15, 0.2) is 0 Å². The van der Waals surface area contributed by atoms with Crippen LogP contribution in [0.25, 0.3) is 0 Å². The summed E-state index contributed by atoms with van der Waals surface area (Å²) in [5.74, 6) is 0. The molecule has 3 heteroatoms. The van der Waals surface area contributed by atoms with Crippen molar-refractivity contribution in [2.24, 2.45) is 11.1 Å². The fourth-order valence-electron chi connectivity index (χ4n) is 2.30. The van der Waals surface area contributed by atoms with Crippen LogP contribution in [0.2, 0.25) is 0 Å². The Morgan fingerprint density at radius 2 is 1.94 bits per heavy atom. The predicted octanol–water partition coefficient (Wildman–Crippen LogP) is 1.86. The van der Waals surface area contributed by atoms with Gasteiger partial charge in [-0.3, -0.25) is 4.90 Å². The van der Waals surface area contributed by atoms with Gasteiger partial charge in [0, 0.05) is 26.2 Å². The highest BCUT2D eigenvalue weighted by Crippen LogP contribution is 2.33. The molecule has 0 aliphatic heterocycles. The number of ether oxygens (including phenoxy) is 1. The molecule has 1 aliphatic rings. The lowest BCUT2D eigenvalue weighted by atomic mass is 9.82. The zero-order valence-corrected chi connectivity index (χ0v) is 11.2. The molecule has 0 aromatic heterocycles. The van der Waals surface area contributed by atoms with Crippen molar-refractivity contribution in [3.63, 3.8) is 0 Å². The van der Waals surface area contributed by atoms with Gasteiger partial charge in [0.2, 0.25) is 0 Å². The van der Waals surface area contributed by atoms with Gasteiger partial charge in [-0.15, -0.1) is 0 Å². The summed E-state index contributed by atoms with van der Waals surface area (Å²) in [5, 5.41) is 0. The van der Waals surface area contributed by atoms with Crippen LogP contribution in [0, 0.1) is 5.41 Å². The van der Waals surface area contributed by atoms with Gasteiger partial charge >= 0.3 is 0 Å². The molecule has 2 N–H and O–H groups in total. The molecule has 0 amide bonds. The normalized spacial score (nSPS) is 17.1. The summed E-state index contributed by atoms with van der Waals surface area (Å²) < 4.78 is 5.19. The van der Waals surface area contributed by atoms with E-state index in [-0.39, 0.29) is 0 Å². The van der Waals surface area contributed by atoms with Gasteiger partial charge in [-0.1, -0.05) is 13.8 Å². The number of nitrogens with zero attached hydrogens (tertiary/aromatic N) is 1. The Hall–Kier alpha value is -0.120. The molecule has 0 aromatic rings. The molecule has 0 unspecified atom stereocenters. The third-order valence-corrected chi connectivity index (χ3v) is 4.12. The molecule has 0 spiro atoms. The zero-order chi connectivity index (χ0) is 12.0. The molecule has 0 heterocycles. The van der Waals surface area contributed by atoms with Crippen molar-refractivity contribution in [3.05, 3.63) is 0 Å². The minimum Gasteiger partial charge on any atom is -0.383 e. The average molecular weight is 228 g/mol. The van der Waals surface area contributed by atoms with Gasteiger partial charge < -0.3 is 10.5 Å². The number of nitrogens with two attached hydrogens (primary N) is 1. The SMILES string of the molecule is CCC(CC)(CN)CN(CCOC)C1CC1. The first kappa shape index (κ1) is 13.9. The molecule has 1 aliphatic carbocycles. The summed E-state index contributed by atoms with van der Waals surface area (Å²) in [7, 11) is 1.78. The molecule has 0 radical (unpaired) electrons. The van der Waals surface area contributed by atoms with E-state index in [9.17, 15) is 0 Å². The second kappa shape index (κ2) is 6.58. The third-order valence-electron chi connectivity index (χ3n) is 4.12. The van der Waals surface area contributed by atoms with E-state index in [1.54, 1.807) is 7.11 Å². The first-order valence-corrected chi connectivity index (χ1v) is 6.64. The lowest BCUT2D eigenvalue weighted by molar-refractivity contribution is 0.0972. The van der Waals surface area contributed by atoms with E-state index in [1.807, 2.05) is 0 Å². The maximum Gasteiger partial charge on any atom is 0.0589 e. The monoisotopic (exact) mass is 228 g/mol. The second-order valence-electron chi connectivity index (χ2n) is 5.11. The molecule has 96 valence electrons. The average Bonchev–Trinajstić information content (AvgIpc) is 3.15. The Morgan fingerprint density at radius 3 is 2.31 bits per heavy atom. The van der Waals surface area contributed by atoms with E-state index < -0.39 is 0 Å². The summed E-state index contributed by atoms with van der Waals surface area (Å²) in [4.78, 5) is 2.59. The van der Waals surface area contributed by atoms with Gasteiger partial charge in [-0.2, -0.15) is 0 Å². The van der Waals surface area contributed by atoms with Crippen molar-refractivity contribution < 1.29 is 4.74 Å². The van der Waals surface area contributed by atoms with Gasteiger partial charge in [-0.05, 0) is 37.6 Å². The van der Waals surface area contributed by atoms with Crippen LogP contribution in [-0.4, -0.2) is 44.3 Å². The Kier molecular flexibility index (Phi) is 5.73.